The van der Waals surface area contributed by atoms with Crippen LogP contribution >= 0.6 is 11.3 Å². The second-order valence-corrected chi connectivity index (χ2v) is 7.96. The van der Waals surface area contributed by atoms with E-state index in [9.17, 15) is 13.2 Å². The van der Waals surface area contributed by atoms with E-state index in [0.29, 0.717) is 18.2 Å². The monoisotopic (exact) mass is 351 g/mol. The molecule has 6 nitrogen and oxygen atoms in total. The SMILES string of the molecule is O=C(CN(c1nccs1)S(=O)(=O)c1ccccc1)N1CCCC1. The summed E-state index contributed by atoms with van der Waals surface area (Å²) < 4.78 is 26.9. The Morgan fingerprint density at radius 3 is 2.52 bits per heavy atom. The molecule has 0 N–H and O–H groups in total. The van der Waals surface area contributed by atoms with Crippen molar-refractivity contribution in [2.24, 2.45) is 0 Å². The third-order valence-corrected chi connectivity index (χ3v) is 6.36. The molecule has 1 aliphatic heterocycles. The molecule has 1 aliphatic rings. The molecule has 122 valence electrons. The number of rotatable bonds is 5. The van der Waals surface area contributed by atoms with E-state index in [4.69, 9.17) is 0 Å². The number of hydrogen-bond acceptors (Lipinski definition) is 5. The van der Waals surface area contributed by atoms with Gasteiger partial charge in [0.05, 0.1) is 4.90 Å². The van der Waals surface area contributed by atoms with Crippen LogP contribution in [0.4, 0.5) is 5.13 Å². The van der Waals surface area contributed by atoms with Crippen molar-refractivity contribution in [2.45, 2.75) is 17.7 Å². The summed E-state index contributed by atoms with van der Waals surface area (Å²) in [6.45, 7) is 1.16. The number of carbonyl (C=O) groups is 1. The molecular weight excluding hydrogens is 334 g/mol. The fraction of sp³-hybridized carbons (Fsp3) is 0.333. The molecule has 1 fully saturated rings. The van der Waals surface area contributed by atoms with Gasteiger partial charge in [0.1, 0.15) is 6.54 Å². The number of aromatic nitrogens is 1. The summed E-state index contributed by atoms with van der Waals surface area (Å²) in [6, 6.07) is 8.12. The first-order chi connectivity index (χ1) is 11.1. The molecule has 23 heavy (non-hydrogen) atoms. The van der Waals surface area contributed by atoms with Crippen LogP contribution in [0.25, 0.3) is 0 Å². The maximum absolute atomic E-state index is 12.9. The van der Waals surface area contributed by atoms with Crippen molar-refractivity contribution < 1.29 is 13.2 Å². The molecule has 3 rings (SSSR count). The number of likely N-dealkylation sites (tertiary alicyclic amines) is 1. The molecule has 0 unspecified atom stereocenters. The lowest BCUT2D eigenvalue weighted by Gasteiger charge is -2.24. The molecule has 0 spiro atoms. The van der Waals surface area contributed by atoms with E-state index in [1.165, 1.54) is 29.7 Å². The first kappa shape index (κ1) is 15.9. The fourth-order valence-electron chi connectivity index (χ4n) is 2.50. The van der Waals surface area contributed by atoms with E-state index in [1.807, 2.05) is 0 Å². The first-order valence-corrected chi connectivity index (χ1v) is 9.66. The van der Waals surface area contributed by atoms with Crippen LogP contribution in [0.5, 0.6) is 0 Å². The van der Waals surface area contributed by atoms with Crippen LogP contribution in [0.3, 0.4) is 0 Å². The number of sulfonamides is 1. The average Bonchev–Trinajstić information content (AvgIpc) is 3.26. The molecule has 1 saturated heterocycles. The maximum Gasteiger partial charge on any atom is 0.266 e. The molecule has 0 bridgehead atoms. The van der Waals surface area contributed by atoms with Crippen LogP contribution in [0, 0.1) is 0 Å². The minimum absolute atomic E-state index is 0.157. The second-order valence-electron chi connectivity index (χ2n) is 5.23. The van der Waals surface area contributed by atoms with E-state index >= 15 is 0 Å². The Kier molecular flexibility index (Phi) is 4.63. The third kappa shape index (κ3) is 3.37. The Morgan fingerprint density at radius 1 is 1.22 bits per heavy atom. The van der Waals surface area contributed by atoms with E-state index in [1.54, 1.807) is 28.5 Å². The van der Waals surface area contributed by atoms with Gasteiger partial charge < -0.3 is 4.90 Å². The Bertz CT molecular complexity index is 755. The molecule has 1 aromatic heterocycles. The van der Waals surface area contributed by atoms with Gasteiger partial charge in [-0.3, -0.25) is 4.79 Å². The summed E-state index contributed by atoms with van der Waals surface area (Å²) in [4.78, 5) is 18.4. The van der Waals surface area contributed by atoms with Crippen LogP contribution < -0.4 is 4.31 Å². The summed E-state index contributed by atoms with van der Waals surface area (Å²) in [5.74, 6) is -0.183. The fourth-order valence-corrected chi connectivity index (χ4v) is 4.76. The molecule has 1 amide bonds. The van der Waals surface area contributed by atoms with E-state index in [-0.39, 0.29) is 17.3 Å². The molecule has 0 aliphatic carbocycles. The van der Waals surface area contributed by atoms with E-state index in [2.05, 4.69) is 4.98 Å². The lowest BCUT2D eigenvalue weighted by molar-refractivity contribution is -0.128. The summed E-state index contributed by atoms with van der Waals surface area (Å²) in [7, 11) is -3.81. The molecule has 1 aromatic carbocycles. The molecule has 0 radical (unpaired) electrons. The zero-order valence-electron chi connectivity index (χ0n) is 12.5. The largest absolute Gasteiger partial charge is 0.341 e. The van der Waals surface area contributed by atoms with Gasteiger partial charge in [0, 0.05) is 24.7 Å². The number of anilines is 1. The van der Waals surface area contributed by atoms with Gasteiger partial charge in [-0.15, -0.1) is 11.3 Å². The van der Waals surface area contributed by atoms with Gasteiger partial charge in [0.15, 0.2) is 5.13 Å². The lowest BCUT2D eigenvalue weighted by atomic mass is 10.4. The summed E-state index contributed by atoms with van der Waals surface area (Å²) in [6.07, 6.45) is 3.47. The van der Waals surface area contributed by atoms with Gasteiger partial charge in [0.25, 0.3) is 10.0 Å². The predicted molar refractivity (Wildman–Crippen MR) is 88.9 cm³/mol. The smallest absolute Gasteiger partial charge is 0.266 e. The predicted octanol–water partition coefficient (Wildman–Crippen LogP) is 1.96. The zero-order valence-corrected chi connectivity index (χ0v) is 14.1. The molecule has 0 atom stereocenters. The molecule has 8 heteroatoms. The van der Waals surface area contributed by atoms with Crippen LogP contribution in [0.15, 0.2) is 46.8 Å². The van der Waals surface area contributed by atoms with Gasteiger partial charge in [-0.1, -0.05) is 18.2 Å². The first-order valence-electron chi connectivity index (χ1n) is 7.34. The number of benzene rings is 1. The molecule has 2 heterocycles. The third-order valence-electron chi connectivity index (χ3n) is 3.70. The van der Waals surface area contributed by atoms with Gasteiger partial charge in [0.2, 0.25) is 5.91 Å². The normalized spacial score (nSPS) is 14.9. The van der Waals surface area contributed by atoms with Gasteiger partial charge in [-0.05, 0) is 25.0 Å². The van der Waals surface area contributed by atoms with Crippen LogP contribution in [0.2, 0.25) is 0 Å². The standard InChI is InChI=1S/C15H17N3O3S2/c19-14(17-9-4-5-10-17)12-18(15-16-8-11-22-15)23(20,21)13-6-2-1-3-7-13/h1-3,6-8,11H,4-5,9-10,12H2. The number of thiazole rings is 1. The van der Waals surface area contributed by atoms with Crippen molar-refractivity contribution in [3.63, 3.8) is 0 Å². The lowest BCUT2D eigenvalue weighted by Crippen LogP contribution is -2.42. The van der Waals surface area contributed by atoms with Crippen LogP contribution in [0.1, 0.15) is 12.8 Å². The Hall–Kier alpha value is -1.93. The summed E-state index contributed by atoms with van der Waals surface area (Å²) in [5.41, 5.74) is 0. The van der Waals surface area contributed by atoms with Crippen LogP contribution in [-0.4, -0.2) is 43.8 Å². The van der Waals surface area contributed by atoms with Crippen molar-refractivity contribution in [3.05, 3.63) is 41.9 Å². The maximum atomic E-state index is 12.9. The van der Waals surface area contributed by atoms with E-state index in [0.717, 1.165) is 17.1 Å². The molecule has 2 aromatic rings. The van der Waals surface area contributed by atoms with Gasteiger partial charge in [-0.2, -0.15) is 0 Å². The highest BCUT2D eigenvalue weighted by molar-refractivity contribution is 7.93. The second kappa shape index (κ2) is 6.67. The number of amides is 1. The number of nitrogens with zero attached hydrogens (tertiary/aromatic N) is 3. The topological polar surface area (TPSA) is 70.6 Å². The number of carbonyl (C=O) groups excluding carboxylic acids is 1. The quantitative estimate of drug-likeness (QED) is 0.826. The van der Waals surface area contributed by atoms with Crippen molar-refractivity contribution in [1.29, 1.82) is 0 Å². The van der Waals surface area contributed by atoms with Crippen LogP contribution in [-0.2, 0) is 14.8 Å². The summed E-state index contributed by atoms with van der Waals surface area (Å²) in [5, 5.41) is 2.00. The Balaban J connectivity index is 1.92. The Morgan fingerprint density at radius 2 is 1.91 bits per heavy atom. The van der Waals surface area contributed by atoms with Gasteiger partial charge >= 0.3 is 0 Å². The zero-order chi connectivity index (χ0) is 16.3. The van der Waals surface area contributed by atoms with Crippen molar-refractivity contribution in [1.82, 2.24) is 9.88 Å². The average molecular weight is 351 g/mol. The molecular formula is C15H17N3O3S2. The summed E-state index contributed by atoms with van der Waals surface area (Å²) >= 11 is 1.20. The minimum atomic E-state index is -3.81. The van der Waals surface area contributed by atoms with Crippen molar-refractivity contribution in [2.75, 3.05) is 23.9 Å². The van der Waals surface area contributed by atoms with E-state index < -0.39 is 10.0 Å². The van der Waals surface area contributed by atoms with Crippen molar-refractivity contribution in [3.8, 4) is 0 Å². The molecule has 0 saturated carbocycles. The highest BCUT2D eigenvalue weighted by atomic mass is 32.2. The van der Waals surface area contributed by atoms with Gasteiger partial charge in [-0.25, -0.2) is 17.7 Å². The van der Waals surface area contributed by atoms with Crippen molar-refractivity contribution >= 4 is 32.4 Å². The highest BCUT2D eigenvalue weighted by Gasteiger charge is 2.31. The minimum Gasteiger partial charge on any atom is -0.341 e. The Labute approximate surface area is 139 Å². The number of hydrogen-bond donors (Lipinski definition) is 0. The highest BCUT2D eigenvalue weighted by Crippen LogP contribution is 2.25.